The van der Waals surface area contributed by atoms with Crippen LogP contribution in [0.25, 0.3) is 0 Å². The highest BCUT2D eigenvalue weighted by Crippen LogP contribution is 2.17. The van der Waals surface area contributed by atoms with Crippen LogP contribution in [0.1, 0.15) is 26.2 Å². The largest absolute Gasteiger partial charge is 0.290 e. The minimum absolute atomic E-state index is 0.590. The molecule has 0 saturated carbocycles. The van der Waals surface area contributed by atoms with Gasteiger partial charge in [-0.3, -0.25) is 4.90 Å². The maximum atomic E-state index is 12.4. The number of hydrogen-bond acceptors (Lipinski definition) is 3. The first-order chi connectivity index (χ1) is 9.14. The molecule has 108 valence electrons. The first kappa shape index (κ1) is 14.8. The summed E-state index contributed by atoms with van der Waals surface area (Å²) in [4.78, 5) is 2.22. The number of rotatable bonds is 3. The molecule has 0 aromatic rings. The Morgan fingerprint density at radius 2 is 1.47 bits per heavy atom. The van der Waals surface area contributed by atoms with E-state index in [9.17, 15) is 8.42 Å². The lowest BCUT2D eigenvalue weighted by atomic mass is 10.3. The Bertz CT molecular complexity index is 438. The molecule has 0 bridgehead atoms. The van der Waals surface area contributed by atoms with Crippen LogP contribution in [0.4, 0.5) is 0 Å². The van der Waals surface area contributed by atoms with Gasteiger partial charge in [0.2, 0.25) is 0 Å². The standard InChI is InChI=1S/C13H23N3O2S/c1-2-3-4-7-14-10-12-16(13-11-14)19(17,18)15-8-5-6-9-15/h2,5-13H2,1H3. The van der Waals surface area contributed by atoms with Crippen LogP contribution in [0.15, 0.2) is 0 Å². The van der Waals surface area contributed by atoms with Gasteiger partial charge in [0, 0.05) is 45.7 Å². The molecule has 0 spiro atoms. The minimum Gasteiger partial charge on any atom is -0.290 e. The number of nitrogens with zero attached hydrogens (tertiary/aromatic N) is 3. The number of hydrogen-bond donors (Lipinski definition) is 0. The Kier molecular flexibility index (Phi) is 5.22. The zero-order valence-corrected chi connectivity index (χ0v) is 12.5. The molecule has 2 fully saturated rings. The maximum Gasteiger partial charge on any atom is 0.282 e. The fraction of sp³-hybridized carbons (Fsp3) is 0.846. The lowest BCUT2D eigenvalue weighted by Gasteiger charge is -2.34. The Morgan fingerprint density at radius 3 is 2.05 bits per heavy atom. The first-order valence-electron chi connectivity index (χ1n) is 7.08. The molecule has 2 heterocycles. The molecular weight excluding hydrogens is 262 g/mol. The van der Waals surface area contributed by atoms with Gasteiger partial charge >= 0.3 is 0 Å². The van der Waals surface area contributed by atoms with E-state index in [1.54, 1.807) is 8.61 Å². The fourth-order valence-electron chi connectivity index (χ4n) is 2.49. The van der Waals surface area contributed by atoms with Crippen LogP contribution >= 0.6 is 0 Å². The molecular formula is C13H23N3O2S. The summed E-state index contributed by atoms with van der Waals surface area (Å²) in [6, 6.07) is 0. The van der Waals surface area contributed by atoms with E-state index >= 15 is 0 Å². The summed E-state index contributed by atoms with van der Waals surface area (Å²) in [5.74, 6) is 6.16. The predicted molar refractivity (Wildman–Crippen MR) is 75.8 cm³/mol. The van der Waals surface area contributed by atoms with E-state index in [2.05, 4.69) is 16.7 Å². The van der Waals surface area contributed by atoms with Gasteiger partial charge in [0.25, 0.3) is 10.2 Å². The van der Waals surface area contributed by atoms with Crippen molar-refractivity contribution in [2.75, 3.05) is 45.8 Å². The summed E-state index contributed by atoms with van der Waals surface area (Å²) in [7, 11) is -3.21. The zero-order chi connectivity index (χ0) is 13.7. The average molecular weight is 285 g/mol. The maximum absolute atomic E-state index is 12.4. The van der Waals surface area contributed by atoms with Crippen molar-refractivity contribution in [2.45, 2.75) is 26.2 Å². The Morgan fingerprint density at radius 1 is 0.895 bits per heavy atom. The van der Waals surface area contributed by atoms with Crippen LogP contribution in [-0.2, 0) is 10.2 Å². The van der Waals surface area contributed by atoms with Gasteiger partial charge in [0.05, 0.1) is 6.54 Å². The Balaban J connectivity index is 1.85. The molecule has 0 radical (unpaired) electrons. The summed E-state index contributed by atoms with van der Waals surface area (Å²) in [6.07, 6.45) is 2.86. The van der Waals surface area contributed by atoms with Gasteiger partial charge in [0.15, 0.2) is 0 Å². The van der Waals surface area contributed by atoms with Gasteiger partial charge in [-0.15, -0.1) is 5.92 Å². The molecule has 0 aromatic carbocycles. The zero-order valence-electron chi connectivity index (χ0n) is 11.6. The molecule has 2 saturated heterocycles. The van der Waals surface area contributed by atoms with Crippen LogP contribution < -0.4 is 0 Å². The third-order valence-corrected chi connectivity index (χ3v) is 5.69. The van der Waals surface area contributed by atoms with Gasteiger partial charge in [-0.25, -0.2) is 0 Å². The normalized spacial score (nSPS) is 23.2. The minimum atomic E-state index is -3.21. The van der Waals surface area contributed by atoms with Crippen molar-refractivity contribution in [3.8, 4) is 11.8 Å². The molecule has 0 atom stereocenters. The summed E-state index contributed by atoms with van der Waals surface area (Å²) < 4.78 is 28.0. The van der Waals surface area contributed by atoms with Crippen molar-refractivity contribution in [2.24, 2.45) is 0 Å². The van der Waals surface area contributed by atoms with E-state index in [-0.39, 0.29) is 0 Å². The summed E-state index contributed by atoms with van der Waals surface area (Å²) in [6.45, 7) is 6.91. The van der Waals surface area contributed by atoms with Crippen molar-refractivity contribution in [3.05, 3.63) is 0 Å². The highest BCUT2D eigenvalue weighted by molar-refractivity contribution is 7.86. The molecule has 2 aliphatic rings. The van der Waals surface area contributed by atoms with Crippen molar-refractivity contribution in [3.63, 3.8) is 0 Å². The molecule has 19 heavy (non-hydrogen) atoms. The van der Waals surface area contributed by atoms with E-state index in [0.29, 0.717) is 26.2 Å². The van der Waals surface area contributed by atoms with E-state index in [4.69, 9.17) is 0 Å². The Hall–Kier alpha value is -0.610. The Labute approximate surface area is 116 Å². The summed E-state index contributed by atoms with van der Waals surface area (Å²) >= 11 is 0. The monoisotopic (exact) mass is 285 g/mol. The second kappa shape index (κ2) is 6.71. The second-order valence-corrected chi connectivity index (χ2v) is 6.92. The number of piperazine rings is 1. The van der Waals surface area contributed by atoms with Crippen LogP contribution in [0.5, 0.6) is 0 Å². The molecule has 0 aromatic heterocycles. The van der Waals surface area contributed by atoms with E-state index in [0.717, 1.165) is 38.9 Å². The molecule has 0 N–H and O–H groups in total. The molecule has 0 amide bonds. The van der Waals surface area contributed by atoms with E-state index < -0.39 is 10.2 Å². The van der Waals surface area contributed by atoms with Gasteiger partial charge in [-0.05, 0) is 12.8 Å². The third kappa shape index (κ3) is 3.69. The summed E-state index contributed by atoms with van der Waals surface area (Å²) in [5, 5.41) is 0. The average Bonchev–Trinajstić information content (AvgIpc) is 2.94. The van der Waals surface area contributed by atoms with Crippen LogP contribution in [0.2, 0.25) is 0 Å². The third-order valence-electron chi connectivity index (χ3n) is 3.65. The van der Waals surface area contributed by atoms with Gasteiger partial charge in [-0.2, -0.15) is 17.0 Å². The van der Waals surface area contributed by atoms with Crippen molar-refractivity contribution in [1.29, 1.82) is 0 Å². The molecule has 6 heteroatoms. The van der Waals surface area contributed by atoms with E-state index in [1.807, 2.05) is 6.92 Å². The first-order valence-corrected chi connectivity index (χ1v) is 8.47. The molecule has 2 aliphatic heterocycles. The van der Waals surface area contributed by atoms with Crippen molar-refractivity contribution in [1.82, 2.24) is 13.5 Å². The highest BCUT2D eigenvalue weighted by atomic mass is 32.2. The molecule has 0 unspecified atom stereocenters. The molecule has 0 aliphatic carbocycles. The second-order valence-electron chi connectivity index (χ2n) is 5.00. The smallest absolute Gasteiger partial charge is 0.282 e. The lowest BCUT2D eigenvalue weighted by Crippen LogP contribution is -2.52. The quantitative estimate of drug-likeness (QED) is 0.703. The van der Waals surface area contributed by atoms with Crippen molar-refractivity contribution < 1.29 is 8.42 Å². The summed E-state index contributed by atoms with van der Waals surface area (Å²) in [5.41, 5.74) is 0. The van der Waals surface area contributed by atoms with Gasteiger partial charge < -0.3 is 0 Å². The highest BCUT2D eigenvalue weighted by Gasteiger charge is 2.33. The molecule has 2 rings (SSSR count). The van der Waals surface area contributed by atoms with Gasteiger partial charge in [-0.1, -0.05) is 12.8 Å². The van der Waals surface area contributed by atoms with E-state index in [1.165, 1.54) is 0 Å². The SMILES string of the molecule is CCC#CCN1CCN(S(=O)(=O)N2CCCC2)CC1. The van der Waals surface area contributed by atoms with Gasteiger partial charge in [0.1, 0.15) is 0 Å². The predicted octanol–water partition coefficient (Wildman–Crippen LogP) is 0.358. The fourth-order valence-corrected chi connectivity index (χ4v) is 4.16. The topological polar surface area (TPSA) is 43.9 Å². The van der Waals surface area contributed by atoms with Crippen molar-refractivity contribution >= 4 is 10.2 Å². The van der Waals surface area contributed by atoms with Crippen LogP contribution in [0.3, 0.4) is 0 Å². The van der Waals surface area contributed by atoms with Crippen LogP contribution in [0, 0.1) is 11.8 Å². The lowest BCUT2D eigenvalue weighted by molar-refractivity contribution is 0.199. The van der Waals surface area contributed by atoms with Crippen LogP contribution in [-0.4, -0.2) is 67.7 Å². The molecule has 5 nitrogen and oxygen atoms in total.